The largest absolute Gasteiger partial charge is 0.459 e. The highest BCUT2D eigenvalue weighted by molar-refractivity contribution is 6.32. The lowest BCUT2D eigenvalue weighted by atomic mass is 9.83. The average molecular weight is 213 g/mol. The van der Waals surface area contributed by atoms with Crippen molar-refractivity contribution in [3.63, 3.8) is 0 Å². The molecule has 1 aliphatic heterocycles. The number of nitrogens with zero attached hydrogens (tertiary/aromatic N) is 1. The van der Waals surface area contributed by atoms with Crippen molar-refractivity contribution in [2.24, 2.45) is 5.41 Å². The summed E-state index contributed by atoms with van der Waals surface area (Å²) in [5, 5.41) is 0. The minimum absolute atomic E-state index is 0.254. The van der Waals surface area contributed by atoms with Crippen molar-refractivity contribution < 1.29 is 14.3 Å². The van der Waals surface area contributed by atoms with E-state index in [1.165, 1.54) is 0 Å². The van der Waals surface area contributed by atoms with E-state index in [2.05, 4.69) is 18.6 Å². The van der Waals surface area contributed by atoms with Gasteiger partial charge in [0.25, 0.3) is 0 Å². The second-order valence-corrected chi connectivity index (χ2v) is 4.68. The molecule has 1 heterocycles. The second kappa shape index (κ2) is 4.64. The predicted octanol–water partition coefficient (Wildman–Crippen LogP) is 1.20. The summed E-state index contributed by atoms with van der Waals surface area (Å²) in [6, 6.07) is 0. The molecule has 4 nitrogen and oxygen atoms in total. The van der Waals surface area contributed by atoms with Gasteiger partial charge in [-0.25, -0.2) is 4.79 Å². The first-order valence-electron chi connectivity index (χ1n) is 5.42. The van der Waals surface area contributed by atoms with E-state index in [-0.39, 0.29) is 12.0 Å². The quantitative estimate of drug-likeness (QED) is 0.485. The Hall–Kier alpha value is -1.06. The van der Waals surface area contributed by atoms with Gasteiger partial charge in [0.15, 0.2) is 0 Å². The third-order valence-electron chi connectivity index (χ3n) is 2.85. The number of esters is 1. The van der Waals surface area contributed by atoms with Crippen LogP contribution in [0.5, 0.6) is 0 Å². The molecule has 86 valence electrons. The second-order valence-electron chi connectivity index (χ2n) is 4.68. The molecular formula is C11H19NO3. The first-order valence-corrected chi connectivity index (χ1v) is 5.42. The highest BCUT2D eigenvalue weighted by Gasteiger charge is 2.31. The van der Waals surface area contributed by atoms with Crippen LogP contribution in [0.15, 0.2) is 0 Å². The Bertz CT molecular complexity index is 251. The van der Waals surface area contributed by atoms with Crippen molar-refractivity contribution in [3.05, 3.63) is 0 Å². The van der Waals surface area contributed by atoms with E-state index in [0.29, 0.717) is 13.1 Å². The number of rotatable bonds is 1. The van der Waals surface area contributed by atoms with Crippen LogP contribution in [0.2, 0.25) is 0 Å². The van der Waals surface area contributed by atoms with Gasteiger partial charge in [-0.2, -0.15) is 0 Å². The maximum Gasteiger partial charge on any atom is 0.397 e. The van der Waals surface area contributed by atoms with E-state index in [1.54, 1.807) is 11.8 Å². The SMILES string of the molecule is CCOC(=O)C(=O)N1CCC(C)(C)CC1. The lowest BCUT2D eigenvalue weighted by Crippen LogP contribution is -2.44. The van der Waals surface area contributed by atoms with Gasteiger partial charge in [-0.1, -0.05) is 13.8 Å². The Morgan fingerprint density at radius 3 is 2.27 bits per heavy atom. The van der Waals surface area contributed by atoms with Crippen LogP contribution in [0.25, 0.3) is 0 Å². The van der Waals surface area contributed by atoms with E-state index in [1.807, 2.05) is 0 Å². The van der Waals surface area contributed by atoms with E-state index in [9.17, 15) is 9.59 Å². The van der Waals surface area contributed by atoms with Crippen LogP contribution in [0.1, 0.15) is 33.6 Å². The molecule has 0 spiro atoms. The molecular weight excluding hydrogens is 194 g/mol. The summed E-state index contributed by atoms with van der Waals surface area (Å²) in [5.41, 5.74) is 0.283. The number of ether oxygens (including phenoxy) is 1. The zero-order valence-electron chi connectivity index (χ0n) is 9.71. The number of carbonyl (C=O) groups excluding carboxylic acids is 2. The summed E-state index contributed by atoms with van der Waals surface area (Å²) in [7, 11) is 0. The van der Waals surface area contributed by atoms with Crippen molar-refractivity contribution in [2.45, 2.75) is 33.6 Å². The molecule has 1 amide bonds. The normalized spacial score (nSPS) is 19.8. The molecule has 1 aliphatic rings. The number of carbonyl (C=O) groups is 2. The van der Waals surface area contributed by atoms with Gasteiger partial charge < -0.3 is 9.64 Å². The summed E-state index contributed by atoms with van der Waals surface area (Å²) in [6.45, 7) is 7.63. The lowest BCUT2D eigenvalue weighted by Gasteiger charge is -2.36. The van der Waals surface area contributed by atoms with Crippen LogP contribution in [0.3, 0.4) is 0 Å². The fourth-order valence-corrected chi connectivity index (χ4v) is 1.64. The molecule has 0 bridgehead atoms. The molecule has 0 saturated carbocycles. The summed E-state index contributed by atoms with van der Waals surface area (Å²) in [5.74, 6) is -1.22. The third-order valence-corrected chi connectivity index (χ3v) is 2.85. The molecule has 0 aromatic heterocycles. The van der Waals surface area contributed by atoms with Crippen molar-refractivity contribution in [1.29, 1.82) is 0 Å². The summed E-state index contributed by atoms with van der Waals surface area (Å²) < 4.78 is 4.68. The molecule has 0 unspecified atom stereocenters. The van der Waals surface area contributed by atoms with Crippen molar-refractivity contribution in [1.82, 2.24) is 4.90 Å². The lowest BCUT2D eigenvalue weighted by molar-refractivity contribution is -0.160. The minimum Gasteiger partial charge on any atom is -0.459 e. The molecule has 0 atom stereocenters. The zero-order valence-corrected chi connectivity index (χ0v) is 9.71. The van der Waals surface area contributed by atoms with Gasteiger partial charge in [-0.05, 0) is 25.2 Å². The Labute approximate surface area is 90.6 Å². The molecule has 0 radical (unpaired) electrons. The molecule has 0 aromatic carbocycles. The number of likely N-dealkylation sites (tertiary alicyclic amines) is 1. The Morgan fingerprint density at radius 2 is 1.80 bits per heavy atom. The minimum atomic E-state index is -0.725. The van der Waals surface area contributed by atoms with Crippen LogP contribution in [0.4, 0.5) is 0 Å². The van der Waals surface area contributed by atoms with Crippen molar-refractivity contribution in [2.75, 3.05) is 19.7 Å². The van der Waals surface area contributed by atoms with Crippen LogP contribution < -0.4 is 0 Å². The van der Waals surface area contributed by atoms with Gasteiger partial charge in [0.1, 0.15) is 0 Å². The Morgan fingerprint density at radius 1 is 1.27 bits per heavy atom. The Balaban J connectivity index is 2.46. The molecule has 1 rings (SSSR count). The number of hydrogen-bond donors (Lipinski definition) is 0. The zero-order chi connectivity index (χ0) is 11.5. The molecule has 0 aromatic rings. The molecule has 0 aliphatic carbocycles. The molecule has 4 heteroatoms. The molecule has 15 heavy (non-hydrogen) atoms. The Kier molecular flexibility index (Phi) is 3.72. The van der Waals surface area contributed by atoms with Gasteiger partial charge >= 0.3 is 11.9 Å². The fourth-order valence-electron chi connectivity index (χ4n) is 1.64. The van der Waals surface area contributed by atoms with Crippen molar-refractivity contribution in [3.8, 4) is 0 Å². The first-order chi connectivity index (χ1) is 6.96. The summed E-state index contributed by atoms with van der Waals surface area (Å²) in [6.07, 6.45) is 1.89. The van der Waals surface area contributed by atoms with Crippen LogP contribution in [0, 0.1) is 5.41 Å². The van der Waals surface area contributed by atoms with E-state index in [4.69, 9.17) is 0 Å². The van der Waals surface area contributed by atoms with Crippen LogP contribution in [-0.2, 0) is 14.3 Å². The highest BCUT2D eigenvalue weighted by Crippen LogP contribution is 2.29. The standard InChI is InChI=1S/C11H19NO3/c1-4-15-10(14)9(13)12-7-5-11(2,3)6-8-12/h4-8H2,1-3H3. The number of amides is 1. The van der Waals surface area contributed by atoms with Gasteiger partial charge in [0, 0.05) is 13.1 Å². The van der Waals surface area contributed by atoms with Crippen molar-refractivity contribution >= 4 is 11.9 Å². The fraction of sp³-hybridized carbons (Fsp3) is 0.818. The predicted molar refractivity (Wildman–Crippen MR) is 56.2 cm³/mol. The molecule has 1 saturated heterocycles. The van der Waals surface area contributed by atoms with Gasteiger partial charge in [0.2, 0.25) is 0 Å². The van der Waals surface area contributed by atoms with Gasteiger partial charge in [0.05, 0.1) is 6.61 Å². The van der Waals surface area contributed by atoms with E-state index in [0.717, 1.165) is 12.8 Å². The van der Waals surface area contributed by atoms with Crippen LogP contribution >= 0.6 is 0 Å². The summed E-state index contributed by atoms with van der Waals surface area (Å²) in [4.78, 5) is 24.3. The van der Waals surface area contributed by atoms with Gasteiger partial charge in [-0.15, -0.1) is 0 Å². The maximum absolute atomic E-state index is 11.6. The highest BCUT2D eigenvalue weighted by atomic mass is 16.5. The van der Waals surface area contributed by atoms with Gasteiger partial charge in [-0.3, -0.25) is 4.79 Å². The van der Waals surface area contributed by atoms with E-state index < -0.39 is 11.9 Å². The smallest absolute Gasteiger partial charge is 0.397 e. The van der Waals surface area contributed by atoms with Crippen LogP contribution in [-0.4, -0.2) is 36.5 Å². The molecule has 0 N–H and O–H groups in total. The first kappa shape index (κ1) is 12.0. The van der Waals surface area contributed by atoms with E-state index >= 15 is 0 Å². The average Bonchev–Trinajstić information content (AvgIpc) is 2.17. The molecule has 1 fully saturated rings. The third kappa shape index (κ3) is 3.22. The maximum atomic E-state index is 11.6. The number of piperidine rings is 1. The number of hydrogen-bond acceptors (Lipinski definition) is 3. The summed E-state index contributed by atoms with van der Waals surface area (Å²) >= 11 is 0. The monoisotopic (exact) mass is 213 g/mol. The topological polar surface area (TPSA) is 46.6 Å².